The van der Waals surface area contributed by atoms with Crippen LogP contribution in [-0.4, -0.2) is 34.7 Å². The number of aliphatic carboxylic acids is 1. The van der Waals surface area contributed by atoms with E-state index in [1.165, 1.54) is 0 Å². The predicted octanol–water partition coefficient (Wildman–Crippen LogP) is 0.742. The van der Waals surface area contributed by atoms with E-state index in [4.69, 9.17) is 10.2 Å². The summed E-state index contributed by atoms with van der Waals surface area (Å²) >= 11 is 0. The van der Waals surface area contributed by atoms with Gasteiger partial charge in [0.15, 0.2) is 0 Å². The van der Waals surface area contributed by atoms with Gasteiger partial charge in [0.1, 0.15) is 6.04 Å². The van der Waals surface area contributed by atoms with Crippen LogP contribution in [0.15, 0.2) is 30.3 Å². The van der Waals surface area contributed by atoms with Gasteiger partial charge in [0, 0.05) is 0 Å². The van der Waals surface area contributed by atoms with Crippen molar-refractivity contribution in [2.24, 2.45) is 0 Å². The molecule has 0 aliphatic rings. The molecule has 98 valence electrons. The third kappa shape index (κ3) is 3.56. The first-order valence-electron chi connectivity index (χ1n) is 5.79. The van der Waals surface area contributed by atoms with E-state index in [2.05, 4.69) is 5.32 Å². The minimum absolute atomic E-state index is 0.384. The van der Waals surface area contributed by atoms with Gasteiger partial charge in [-0.25, -0.2) is 4.79 Å². The van der Waals surface area contributed by atoms with Crippen LogP contribution in [0.4, 0.5) is 0 Å². The highest BCUT2D eigenvalue weighted by Crippen LogP contribution is 2.19. The van der Waals surface area contributed by atoms with Crippen molar-refractivity contribution < 1.29 is 19.8 Å². The third-order valence-corrected chi connectivity index (χ3v) is 2.72. The molecule has 3 N–H and O–H groups in total. The molecule has 1 rings (SSSR count). The first kappa shape index (κ1) is 14.2. The van der Waals surface area contributed by atoms with E-state index >= 15 is 0 Å². The first-order chi connectivity index (χ1) is 8.60. The zero-order valence-electron chi connectivity index (χ0n) is 10.2. The lowest BCUT2D eigenvalue weighted by molar-refractivity contribution is -0.143. The summed E-state index contributed by atoms with van der Waals surface area (Å²) < 4.78 is 0. The second kappa shape index (κ2) is 6.76. The molecule has 0 radical (unpaired) electrons. The van der Waals surface area contributed by atoms with Crippen LogP contribution >= 0.6 is 0 Å². The number of rotatable bonds is 6. The zero-order chi connectivity index (χ0) is 13.5. The molecule has 5 nitrogen and oxygen atoms in total. The lowest BCUT2D eigenvalue weighted by Gasteiger charge is -2.18. The normalized spacial score (nSPS) is 13.7. The quantitative estimate of drug-likeness (QED) is 0.696. The average Bonchev–Trinajstić information content (AvgIpc) is 2.37. The lowest BCUT2D eigenvalue weighted by atomic mass is 9.95. The van der Waals surface area contributed by atoms with E-state index in [1.807, 2.05) is 37.3 Å². The molecule has 0 saturated carbocycles. The molecular formula is C13H17NO4. The van der Waals surface area contributed by atoms with Crippen molar-refractivity contribution in [3.05, 3.63) is 35.9 Å². The molecule has 0 fully saturated rings. The summed E-state index contributed by atoms with van der Waals surface area (Å²) in [5, 5.41) is 20.0. The molecule has 1 unspecified atom stereocenters. The van der Waals surface area contributed by atoms with E-state index in [9.17, 15) is 9.59 Å². The Labute approximate surface area is 105 Å². The van der Waals surface area contributed by atoms with Gasteiger partial charge in [-0.15, -0.1) is 0 Å². The van der Waals surface area contributed by atoms with E-state index in [-0.39, 0.29) is 5.91 Å². The van der Waals surface area contributed by atoms with Crippen LogP contribution in [0.1, 0.15) is 24.8 Å². The van der Waals surface area contributed by atoms with E-state index in [0.29, 0.717) is 6.42 Å². The highest BCUT2D eigenvalue weighted by atomic mass is 16.4. The van der Waals surface area contributed by atoms with Crippen molar-refractivity contribution in [2.75, 3.05) is 6.61 Å². The molecule has 0 aromatic heterocycles. The third-order valence-electron chi connectivity index (χ3n) is 2.72. The standard InChI is InChI=1S/C13H17NO4/c1-2-10(9-6-4-3-5-7-9)12(16)14-11(8-15)13(17)18/h3-7,10-11,15H,2,8H2,1H3,(H,14,16)(H,17,18)/t10?,11-/m0/s1. The Kier molecular flexibility index (Phi) is 5.32. The van der Waals surface area contributed by atoms with Crippen LogP contribution in [-0.2, 0) is 9.59 Å². The van der Waals surface area contributed by atoms with Crippen LogP contribution in [0.25, 0.3) is 0 Å². The van der Waals surface area contributed by atoms with E-state index in [1.54, 1.807) is 0 Å². The van der Waals surface area contributed by atoms with Gasteiger partial charge < -0.3 is 15.5 Å². The van der Waals surface area contributed by atoms with Crippen LogP contribution in [0.5, 0.6) is 0 Å². The summed E-state index contributed by atoms with van der Waals surface area (Å²) in [6.45, 7) is 1.23. The fraction of sp³-hybridized carbons (Fsp3) is 0.385. The molecule has 0 aliphatic heterocycles. The summed E-state index contributed by atoms with van der Waals surface area (Å²) in [6.07, 6.45) is 0.563. The maximum absolute atomic E-state index is 12.0. The number of hydrogen-bond acceptors (Lipinski definition) is 3. The molecule has 0 spiro atoms. The maximum Gasteiger partial charge on any atom is 0.328 e. The summed E-state index contributed by atoms with van der Waals surface area (Å²) in [5.41, 5.74) is 0.833. The highest BCUT2D eigenvalue weighted by molar-refractivity contribution is 5.88. The van der Waals surface area contributed by atoms with Crippen molar-refractivity contribution in [3.63, 3.8) is 0 Å². The average molecular weight is 251 g/mol. The Bertz CT molecular complexity index is 405. The molecule has 18 heavy (non-hydrogen) atoms. The summed E-state index contributed by atoms with van der Waals surface area (Å²) in [6, 6.07) is 7.89. The van der Waals surface area contributed by atoms with Crippen LogP contribution in [0.2, 0.25) is 0 Å². The van der Waals surface area contributed by atoms with Crippen molar-refractivity contribution in [2.45, 2.75) is 25.3 Å². The van der Waals surface area contributed by atoms with Crippen molar-refractivity contribution in [1.82, 2.24) is 5.32 Å². The van der Waals surface area contributed by atoms with Gasteiger partial charge in [0.25, 0.3) is 0 Å². The van der Waals surface area contributed by atoms with E-state index in [0.717, 1.165) is 5.56 Å². The predicted molar refractivity (Wildman–Crippen MR) is 66.1 cm³/mol. The minimum atomic E-state index is -1.25. The maximum atomic E-state index is 12.0. The SMILES string of the molecule is CCC(C(=O)N[C@@H](CO)C(=O)O)c1ccccc1. The largest absolute Gasteiger partial charge is 0.480 e. The summed E-state index contributed by atoms with van der Waals surface area (Å²) in [7, 11) is 0. The number of carbonyl (C=O) groups excluding carboxylic acids is 1. The minimum Gasteiger partial charge on any atom is -0.480 e. The second-order valence-corrected chi connectivity index (χ2v) is 3.95. The monoisotopic (exact) mass is 251 g/mol. The summed E-state index contributed by atoms with van der Waals surface area (Å²) in [5.74, 6) is -2.03. The number of aliphatic hydroxyl groups is 1. The molecule has 0 saturated heterocycles. The number of hydrogen-bond donors (Lipinski definition) is 3. The van der Waals surface area contributed by atoms with Gasteiger partial charge >= 0.3 is 5.97 Å². The van der Waals surface area contributed by atoms with Crippen molar-refractivity contribution in [3.8, 4) is 0 Å². The van der Waals surface area contributed by atoms with Gasteiger partial charge in [0.05, 0.1) is 12.5 Å². The van der Waals surface area contributed by atoms with Gasteiger partial charge in [0.2, 0.25) is 5.91 Å². The molecule has 0 bridgehead atoms. The van der Waals surface area contributed by atoms with Gasteiger partial charge in [-0.05, 0) is 12.0 Å². The van der Waals surface area contributed by atoms with Crippen LogP contribution in [0, 0.1) is 0 Å². The number of amides is 1. The van der Waals surface area contributed by atoms with Crippen LogP contribution < -0.4 is 5.32 Å². The molecule has 1 aromatic rings. The van der Waals surface area contributed by atoms with Crippen molar-refractivity contribution in [1.29, 1.82) is 0 Å². The highest BCUT2D eigenvalue weighted by Gasteiger charge is 2.24. The Hall–Kier alpha value is -1.88. The fourth-order valence-electron chi connectivity index (χ4n) is 1.72. The molecule has 5 heteroatoms. The second-order valence-electron chi connectivity index (χ2n) is 3.95. The van der Waals surface area contributed by atoms with Gasteiger partial charge in [-0.1, -0.05) is 37.3 Å². The molecule has 0 heterocycles. The topological polar surface area (TPSA) is 86.6 Å². The summed E-state index contributed by atoms with van der Waals surface area (Å²) in [4.78, 5) is 22.7. The number of benzene rings is 1. The van der Waals surface area contributed by atoms with Gasteiger partial charge in [-0.3, -0.25) is 4.79 Å². The van der Waals surface area contributed by atoms with Gasteiger partial charge in [-0.2, -0.15) is 0 Å². The lowest BCUT2D eigenvalue weighted by Crippen LogP contribution is -2.45. The molecule has 1 amide bonds. The Morgan fingerprint density at radius 3 is 2.33 bits per heavy atom. The molecule has 0 aliphatic carbocycles. The number of aliphatic hydroxyl groups excluding tert-OH is 1. The Morgan fingerprint density at radius 2 is 1.89 bits per heavy atom. The van der Waals surface area contributed by atoms with Crippen molar-refractivity contribution >= 4 is 11.9 Å². The number of carbonyl (C=O) groups is 2. The number of carboxylic acid groups (broad SMARTS) is 1. The Morgan fingerprint density at radius 1 is 1.28 bits per heavy atom. The fourth-order valence-corrected chi connectivity index (χ4v) is 1.72. The smallest absolute Gasteiger partial charge is 0.328 e. The molecule has 1 aromatic carbocycles. The Balaban J connectivity index is 2.78. The number of carboxylic acids is 1. The number of nitrogens with one attached hydrogen (secondary N) is 1. The first-order valence-corrected chi connectivity index (χ1v) is 5.79. The van der Waals surface area contributed by atoms with E-state index < -0.39 is 24.5 Å². The molecular weight excluding hydrogens is 234 g/mol. The molecule has 2 atom stereocenters. The zero-order valence-corrected chi connectivity index (χ0v) is 10.2. The van der Waals surface area contributed by atoms with Crippen LogP contribution in [0.3, 0.4) is 0 Å².